The van der Waals surface area contributed by atoms with E-state index in [1.165, 1.54) is 19.3 Å². The summed E-state index contributed by atoms with van der Waals surface area (Å²) in [6, 6.07) is 15.7. The molecule has 4 rings (SSSR count). The summed E-state index contributed by atoms with van der Waals surface area (Å²) in [5, 5.41) is 4.20. The minimum absolute atomic E-state index is 0.0495. The summed E-state index contributed by atoms with van der Waals surface area (Å²) in [4.78, 5) is 12.5. The van der Waals surface area contributed by atoms with Crippen molar-refractivity contribution in [2.24, 2.45) is 22.4 Å². The third-order valence-corrected chi connectivity index (χ3v) is 6.51. The molecule has 0 bridgehead atoms. The number of nitrogens with one attached hydrogen (secondary N) is 1. The average Bonchev–Trinajstić information content (AvgIpc) is 3.39. The fraction of sp³-hybridized carbons (Fsp3) is 0.440. The van der Waals surface area contributed by atoms with Gasteiger partial charge in [0.1, 0.15) is 6.61 Å². The summed E-state index contributed by atoms with van der Waals surface area (Å²) < 4.78 is 11.7. The van der Waals surface area contributed by atoms with Gasteiger partial charge in [0.05, 0.1) is 12.8 Å². The van der Waals surface area contributed by atoms with E-state index in [2.05, 4.69) is 17.5 Å². The molecule has 0 aliphatic heterocycles. The van der Waals surface area contributed by atoms with Crippen LogP contribution in [0, 0.1) is 17.3 Å². The molecule has 2 aliphatic rings. The normalized spacial score (nSPS) is 24.9. The van der Waals surface area contributed by atoms with Crippen LogP contribution in [0.2, 0.25) is 0 Å². The van der Waals surface area contributed by atoms with Crippen molar-refractivity contribution in [1.29, 1.82) is 0 Å². The minimum Gasteiger partial charge on any atom is -0.490 e. The molecule has 5 heteroatoms. The topological polar surface area (TPSA) is 59.9 Å². The number of hydrogen-bond acceptors (Lipinski definition) is 4. The van der Waals surface area contributed by atoms with E-state index in [-0.39, 0.29) is 17.2 Å². The molecule has 2 saturated carbocycles. The number of hydrogen-bond donors (Lipinski definition) is 1. The number of carbonyl (C=O) groups excluding carboxylic acids is 1. The monoisotopic (exact) mass is 406 g/mol. The van der Waals surface area contributed by atoms with E-state index in [1.54, 1.807) is 6.21 Å². The Morgan fingerprint density at radius 3 is 2.73 bits per heavy atom. The summed E-state index contributed by atoms with van der Waals surface area (Å²) in [6.45, 7) is 5.21. The maximum absolute atomic E-state index is 12.5. The van der Waals surface area contributed by atoms with Gasteiger partial charge >= 0.3 is 0 Å². The van der Waals surface area contributed by atoms with Crippen molar-refractivity contribution in [2.45, 2.75) is 46.1 Å². The first-order valence-electron chi connectivity index (χ1n) is 10.9. The van der Waals surface area contributed by atoms with Gasteiger partial charge in [-0.3, -0.25) is 4.79 Å². The third kappa shape index (κ3) is 4.35. The van der Waals surface area contributed by atoms with Gasteiger partial charge in [0, 0.05) is 5.92 Å². The molecule has 2 aromatic carbocycles. The number of amides is 1. The molecule has 5 nitrogen and oxygen atoms in total. The second-order valence-electron chi connectivity index (χ2n) is 8.48. The molecule has 1 N–H and O–H groups in total. The summed E-state index contributed by atoms with van der Waals surface area (Å²) >= 11 is 0. The number of hydrazone groups is 1. The standard InChI is InChI=1S/C25H30N2O3/c1-3-29-22-15-19(12-13-21(22)30-17-18-9-5-4-6-10-18)16-26-27-24(28)23-20-11-7-8-14-25(20,23)2/h4-6,9-10,12-13,15-16,20,23H,3,7-8,11,14,17H2,1-2H3,(H,27,28)/b26-16-/t20-,23-,25-/m0/s1. The van der Waals surface area contributed by atoms with Crippen LogP contribution in [0.25, 0.3) is 0 Å². The summed E-state index contributed by atoms with van der Waals surface area (Å²) in [5.74, 6) is 2.06. The largest absolute Gasteiger partial charge is 0.490 e. The van der Waals surface area contributed by atoms with Crippen molar-refractivity contribution in [2.75, 3.05) is 6.61 Å². The molecule has 3 atom stereocenters. The van der Waals surface area contributed by atoms with Crippen LogP contribution in [0.15, 0.2) is 53.6 Å². The van der Waals surface area contributed by atoms with Gasteiger partial charge in [0.2, 0.25) is 5.91 Å². The van der Waals surface area contributed by atoms with Crippen molar-refractivity contribution < 1.29 is 14.3 Å². The van der Waals surface area contributed by atoms with Gasteiger partial charge in [-0.05, 0) is 60.4 Å². The van der Waals surface area contributed by atoms with Gasteiger partial charge in [0.15, 0.2) is 11.5 Å². The van der Waals surface area contributed by atoms with E-state index in [4.69, 9.17) is 9.47 Å². The molecular weight excluding hydrogens is 376 g/mol. The van der Waals surface area contributed by atoms with E-state index >= 15 is 0 Å². The molecule has 2 aromatic rings. The van der Waals surface area contributed by atoms with Gasteiger partial charge in [-0.1, -0.05) is 50.1 Å². The quantitative estimate of drug-likeness (QED) is 0.499. The van der Waals surface area contributed by atoms with E-state index in [0.717, 1.165) is 17.5 Å². The zero-order valence-corrected chi connectivity index (χ0v) is 17.8. The van der Waals surface area contributed by atoms with Crippen molar-refractivity contribution in [3.05, 3.63) is 59.7 Å². The first-order chi connectivity index (χ1) is 14.6. The van der Waals surface area contributed by atoms with Gasteiger partial charge in [0.25, 0.3) is 0 Å². The molecule has 0 unspecified atom stereocenters. The zero-order chi connectivity index (χ0) is 21.0. The van der Waals surface area contributed by atoms with Crippen LogP contribution in [0.1, 0.15) is 50.7 Å². The average molecular weight is 407 g/mol. The second-order valence-corrected chi connectivity index (χ2v) is 8.48. The summed E-state index contributed by atoms with van der Waals surface area (Å²) in [7, 11) is 0. The van der Waals surface area contributed by atoms with Crippen molar-refractivity contribution in [3.63, 3.8) is 0 Å². The maximum Gasteiger partial charge on any atom is 0.244 e. The predicted octanol–water partition coefficient (Wildman–Crippen LogP) is 4.94. The predicted molar refractivity (Wildman–Crippen MR) is 118 cm³/mol. The number of carbonyl (C=O) groups is 1. The highest BCUT2D eigenvalue weighted by Gasteiger charge is 2.64. The molecule has 1 amide bonds. The fourth-order valence-corrected chi connectivity index (χ4v) is 4.82. The SMILES string of the molecule is CCOc1cc(/C=N\NC(=O)[C@@H]2[C@@H]3CCCC[C@]23C)ccc1OCc1ccccc1. The van der Waals surface area contributed by atoms with E-state index < -0.39 is 0 Å². The lowest BCUT2D eigenvalue weighted by molar-refractivity contribution is -0.123. The van der Waals surface area contributed by atoms with E-state index in [9.17, 15) is 4.79 Å². The molecule has 2 fully saturated rings. The Kier molecular flexibility index (Phi) is 6.07. The van der Waals surface area contributed by atoms with Crippen molar-refractivity contribution >= 4 is 12.1 Å². The van der Waals surface area contributed by atoms with Crippen LogP contribution >= 0.6 is 0 Å². The molecule has 0 aromatic heterocycles. The minimum atomic E-state index is 0.0495. The Hall–Kier alpha value is -2.82. The smallest absolute Gasteiger partial charge is 0.244 e. The third-order valence-electron chi connectivity index (χ3n) is 6.51. The fourth-order valence-electron chi connectivity index (χ4n) is 4.82. The van der Waals surface area contributed by atoms with Gasteiger partial charge in [-0.15, -0.1) is 0 Å². The number of benzene rings is 2. The number of fused-ring (bicyclic) bond motifs is 1. The Morgan fingerprint density at radius 1 is 1.17 bits per heavy atom. The van der Waals surface area contributed by atoms with Crippen LogP contribution in [0.3, 0.4) is 0 Å². The van der Waals surface area contributed by atoms with E-state index in [0.29, 0.717) is 30.6 Å². The second kappa shape index (κ2) is 8.90. The number of nitrogens with zero attached hydrogens (tertiary/aromatic N) is 1. The molecule has 30 heavy (non-hydrogen) atoms. The number of ether oxygens (including phenoxy) is 2. The molecular formula is C25H30N2O3. The lowest BCUT2D eigenvalue weighted by atomic mass is 9.90. The Balaban J connectivity index is 1.36. The van der Waals surface area contributed by atoms with Crippen LogP contribution in [-0.2, 0) is 11.4 Å². The van der Waals surface area contributed by atoms with E-state index in [1.807, 2.05) is 55.5 Å². The van der Waals surface area contributed by atoms with Gasteiger partial charge < -0.3 is 9.47 Å². The van der Waals surface area contributed by atoms with Crippen LogP contribution in [-0.4, -0.2) is 18.7 Å². The van der Waals surface area contributed by atoms with Gasteiger partial charge in [-0.2, -0.15) is 5.10 Å². The van der Waals surface area contributed by atoms with Crippen molar-refractivity contribution in [1.82, 2.24) is 5.43 Å². The molecule has 0 spiro atoms. The van der Waals surface area contributed by atoms with Crippen molar-refractivity contribution in [3.8, 4) is 11.5 Å². The summed E-state index contributed by atoms with van der Waals surface area (Å²) in [5.41, 5.74) is 4.89. The Labute approximate surface area is 178 Å². The van der Waals surface area contributed by atoms with Crippen LogP contribution < -0.4 is 14.9 Å². The summed E-state index contributed by atoms with van der Waals surface area (Å²) in [6.07, 6.45) is 6.46. The molecule has 158 valence electrons. The highest BCUT2D eigenvalue weighted by molar-refractivity contribution is 5.86. The number of rotatable bonds is 8. The molecule has 0 radical (unpaired) electrons. The Bertz CT molecular complexity index is 912. The molecule has 0 saturated heterocycles. The lowest BCUT2D eigenvalue weighted by Gasteiger charge is -2.15. The molecule has 2 aliphatic carbocycles. The zero-order valence-electron chi connectivity index (χ0n) is 17.8. The first kappa shape index (κ1) is 20.5. The van der Waals surface area contributed by atoms with Crippen LogP contribution in [0.4, 0.5) is 0 Å². The van der Waals surface area contributed by atoms with Gasteiger partial charge in [-0.25, -0.2) is 5.43 Å². The highest BCUT2D eigenvalue weighted by Crippen LogP contribution is 2.66. The molecule has 0 heterocycles. The van der Waals surface area contributed by atoms with Crippen LogP contribution in [0.5, 0.6) is 11.5 Å². The Morgan fingerprint density at radius 2 is 2.00 bits per heavy atom. The maximum atomic E-state index is 12.5. The highest BCUT2D eigenvalue weighted by atomic mass is 16.5. The lowest BCUT2D eigenvalue weighted by Crippen LogP contribution is -2.22. The first-order valence-corrected chi connectivity index (χ1v) is 10.9.